The van der Waals surface area contributed by atoms with Gasteiger partial charge >= 0.3 is 0 Å². The number of hydrogen-bond acceptors (Lipinski definition) is 5. The molecule has 0 saturated heterocycles. The number of rotatable bonds is 5. The number of Topliss-reactive ketones (excluding diaryl/α,β-unsaturated/α-hetero) is 1. The Morgan fingerprint density at radius 1 is 1.24 bits per heavy atom. The largest absolute Gasteiger partial charge is 0.456 e. The van der Waals surface area contributed by atoms with Crippen molar-refractivity contribution in [2.75, 3.05) is 0 Å². The van der Waals surface area contributed by atoms with Crippen molar-refractivity contribution >= 4 is 11.5 Å². The van der Waals surface area contributed by atoms with E-state index in [1.165, 1.54) is 25.1 Å². The predicted molar refractivity (Wildman–Crippen MR) is 75.5 cm³/mol. The summed E-state index contributed by atoms with van der Waals surface area (Å²) in [5.41, 5.74) is 0.505. The number of aliphatic hydroxyl groups excluding tert-OH is 1. The van der Waals surface area contributed by atoms with Crippen LogP contribution in [-0.2, 0) is 6.61 Å². The van der Waals surface area contributed by atoms with E-state index < -0.39 is 4.92 Å². The summed E-state index contributed by atoms with van der Waals surface area (Å²) < 4.78 is 5.62. The Morgan fingerprint density at radius 2 is 1.95 bits per heavy atom. The summed E-state index contributed by atoms with van der Waals surface area (Å²) in [5.74, 6) is 0.278. The van der Waals surface area contributed by atoms with Gasteiger partial charge in [0.15, 0.2) is 5.78 Å². The quantitative estimate of drug-likeness (QED) is 0.518. The van der Waals surface area contributed by atoms with Gasteiger partial charge in [-0.25, -0.2) is 0 Å². The van der Waals surface area contributed by atoms with Gasteiger partial charge < -0.3 is 9.84 Å². The van der Waals surface area contributed by atoms with Gasteiger partial charge in [0.25, 0.3) is 5.69 Å². The molecule has 0 aliphatic rings. The summed E-state index contributed by atoms with van der Waals surface area (Å²) in [6.07, 6.45) is 0. The van der Waals surface area contributed by atoms with Gasteiger partial charge in [0.1, 0.15) is 11.5 Å². The van der Waals surface area contributed by atoms with Gasteiger partial charge in [-0.15, -0.1) is 0 Å². The Labute approximate surface area is 120 Å². The van der Waals surface area contributed by atoms with E-state index in [9.17, 15) is 20.0 Å². The fourth-order valence-electron chi connectivity index (χ4n) is 1.85. The number of benzene rings is 2. The van der Waals surface area contributed by atoms with Crippen molar-refractivity contribution in [3.8, 4) is 11.5 Å². The number of para-hydroxylation sites is 1. The standard InChI is InChI=1S/C15H13NO5/c1-10(18)13-8-12(16(19)20)6-7-15(13)21-14-5-3-2-4-11(14)9-17/h2-8,17H,9H2,1H3. The molecule has 0 aliphatic carbocycles. The lowest BCUT2D eigenvalue weighted by molar-refractivity contribution is -0.384. The summed E-state index contributed by atoms with van der Waals surface area (Å²) in [6.45, 7) is 1.10. The molecule has 0 saturated carbocycles. The Morgan fingerprint density at radius 3 is 2.57 bits per heavy atom. The molecule has 6 nitrogen and oxygen atoms in total. The van der Waals surface area contributed by atoms with Gasteiger partial charge in [-0.1, -0.05) is 18.2 Å². The molecular formula is C15H13NO5. The van der Waals surface area contributed by atoms with Crippen LogP contribution in [0.2, 0.25) is 0 Å². The SMILES string of the molecule is CC(=O)c1cc([N+](=O)[O-])ccc1Oc1ccccc1CO. The van der Waals surface area contributed by atoms with E-state index in [-0.39, 0.29) is 29.4 Å². The Bertz CT molecular complexity index is 696. The van der Waals surface area contributed by atoms with Crippen LogP contribution < -0.4 is 4.74 Å². The van der Waals surface area contributed by atoms with Crippen molar-refractivity contribution in [1.82, 2.24) is 0 Å². The zero-order valence-electron chi connectivity index (χ0n) is 11.3. The van der Waals surface area contributed by atoms with E-state index in [1.807, 2.05) is 0 Å². The summed E-state index contributed by atoms with van der Waals surface area (Å²) in [4.78, 5) is 21.8. The van der Waals surface area contributed by atoms with E-state index >= 15 is 0 Å². The molecule has 0 aliphatic heterocycles. The van der Waals surface area contributed by atoms with Crippen LogP contribution in [0.3, 0.4) is 0 Å². The zero-order chi connectivity index (χ0) is 15.4. The molecule has 0 aromatic heterocycles. The van der Waals surface area contributed by atoms with Crippen molar-refractivity contribution in [3.63, 3.8) is 0 Å². The minimum atomic E-state index is -0.572. The predicted octanol–water partition coefficient (Wildman–Crippen LogP) is 3.08. The highest BCUT2D eigenvalue weighted by atomic mass is 16.6. The van der Waals surface area contributed by atoms with E-state index in [0.717, 1.165) is 0 Å². The van der Waals surface area contributed by atoms with Crippen LogP contribution in [0, 0.1) is 10.1 Å². The first-order chi connectivity index (χ1) is 10.0. The molecule has 0 bridgehead atoms. The lowest BCUT2D eigenvalue weighted by Gasteiger charge is -2.12. The van der Waals surface area contributed by atoms with Crippen LogP contribution >= 0.6 is 0 Å². The number of ether oxygens (including phenoxy) is 1. The summed E-state index contributed by atoms with van der Waals surface area (Å²) in [7, 11) is 0. The van der Waals surface area contributed by atoms with Gasteiger partial charge in [0.05, 0.1) is 17.1 Å². The molecule has 21 heavy (non-hydrogen) atoms. The molecule has 1 N–H and O–H groups in total. The number of nitrogens with zero attached hydrogens (tertiary/aromatic N) is 1. The molecule has 0 fully saturated rings. The normalized spacial score (nSPS) is 10.2. The summed E-state index contributed by atoms with van der Waals surface area (Å²) in [6, 6.07) is 10.6. The summed E-state index contributed by atoms with van der Waals surface area (Å²) in [5, 5.41) is 20.0. The van der Waals surface area contributed by atoms with Gasteiger partial charge in [0.2, 0.25) is 0 Å². The Kier molecular flexibility index (Phi) is 4.30. The third-order valence-electron chi connectivity index (χ3n) is 2.92. The van der Waals surface area contributed by atoms with Gasteiger partial charge in [0, 0.05) is 17.7 Å². The second-order valence-electron chi connectivity index (χ2n) is 4.36. The highest BCUT2D eigenvalue weighted by Crippen LogP contribution is 2.31. The van der Waals surface area contributed by atoms with Crippen molar-refractivity contribution < 1.29 is 19.6 Å². The molecule has 0 atom stereocenters. The minimum absolute atomic E-state index is 0.122. The number of nitro groups is 1. The number of carbonyl (C=O) groups is 1. The van der Waals surface area contributed by atoms with Crippen LogP contribution in [0.1, 0.15) is 22.8 Å². The van der Waals surface area contributed by atoms with E-state index in [2.05, 4.69) is 0 Å². The number of hydrogen-bond donors (Lipinski definition) is 1. The lowest BCUT2D eigenvalue weighted by atomic mass is 10.1. The van der Waals surface area contributed by atoms with Crippen molar-refractivity contribution in [2.45, 2.75) is 13.5 Å². The first-order valence-electron chi connectivity index (χ1n) is 6.19. The number of aliphatic hydroxyl groups is 1. The maximum absolute atomic E-state index is 11.6. The first kappa shape index (κ1) is 14.7. The Balaban J connectivity index is 2.44. The molecule has 108 valence electrons. The van der Waals surface area contributed by atoms with Crippen LogP contribution in [0.5, 0.6) is 11.5 Å². The second kappa shape index (κ2) is 6.15. The molecular weight excluding hydrogens is 274 g/mol. The molecule has 2 aromatic rings. The van der Waals surface area contributed by atoms with Crippen molar-refractivity contribution in [3.05, 3.63) is 63.7 Å². The molecule has 0 radical (unpaired) electrons. The molecule has 2 aromatic carbocycles. The number of non-ortho nitro benzene ring substituents is 1. The zero-order valence-corrected chi connectivity index (χ0v) is 11.3. The highest BCUT2D eigenvalue weighted by molar-refractivity contribution is 5.97. The molecule has 0 heterocycles. The third-order valence-corrected chi connectivity index (χ3v) is 2.92. The van der Waals surface area contributed by atoms with E-state index in [0.29, 0.717) is 11.3 Å². The molecule has 0 spiro atoms. The van der Waals surface area contributed by atoms with Crippen LogP contribution in [0.25, 0.3) is 0 Å². The smallest absolute Gasteiger partial charge is 0.270 e. The lowest BCUT2D eigenvalue weighted by Crippen LogP contribution is -2.00. The number of ketones is 1. The van der Waals surface area contributed by atoms with Crippen LogP contribution in [0.4, 0.5) is 5.69 Å². The molecule has 0 amide bonds. The van der Waals surface area contributed by atoms with Gasteiger partial charge in [-0.3, -0.25) is 14.9 Å². The second-order valence-corrected chi connectivity index (χ2v) is 4.36. The maximum atomic E-state index is 11.6. The number of nitro benzene ring substituents is 1. The average Bonchev–Trinajstić information content (AvgIpc) is 2.47. The minimum Gasteiger partial charge on any atom is -0.456 e. The fourth-order valence-corrected chi connectivity index (χ4v) is 1.85. The number of carbonyl (C=O) groups excluding carboxylic acids is 1. The fraction of sp³-hybridized carbons (Fsp3) is 0.133. The van der Waals surface area contributed by atoms with E-state index in [1.54, 1.807) is 24.3 Å². The molecule has 2 rings (SSSR count). The summed E-state index contributed by atoms with van der Waals surface area (Å²) >= 11 is 0. The topological polar surface area (TPSA) is 89.7 Å². The monoisotopic (exact) mass is 287 g/mol. The van der Waals surface area contributed by atoms with Gasteiger partial charge in [-0.05, 0) is 19.1 Å². The molecule has 6 heteroatoms. The van der Waals surface area contributed by atoms with Crippen molar-refractivity contribution in [2.24, 2.45) is 0 Å². The Hall–Kier alpha value is -2.73. The van der Waals surface area contributed by atoms with Crippen molar-refractivity contribution in [1.29, 1.82) is 0 Å². The van der Waals surface area contributed by atoms with Crippen LogP contribution in [-0.4, -0.2) is 15.8 Å². The third kappa shape index (κ3) is 3.24. The first-order valence-corrected chi connectivity index (χ1v) is 6.19. The van der Waals surface area contributed by atoms with E-state index in [4.69, 9.17) is 4.74 Å². The maximum Gasteiger partial charge on any atom is 0.270 e. The van der Waals surface area contributed by atoms with Gasteiger partial charge in [-0.2, -0.15) is 0 Å². The highest BCUT2D eigenvalue weighted by Gasteiger charge is 2.16. The average molecular weight is 287 g/mol. The molecule has 0 unspecified atom stereocenters. The van der Waals surface area contributed by atoms with Crippen LogP contribution in [0.15, 0.2) is 42.5 Å².